The fourth-order valence-corrected chi connectivity index (χ4v) is 2.26. The normalized spacial score (nSPS) is 10.6. The third-order valence-corrected chi connectivity index (χ3v) is 3.44. The number of hydrogen-bond donors (Lipinski definition) is 3. The number of nitrogens with zero attached hydrogens (tertiary/aromatic N) is 3. The van der Waals surface area contributed by atoms with Crippen molar-refractivity contribution in [1.29, 1.82) is 5.26 Å². The summed E-state index contributed by atoms with van der Waals surface area (Å²) in [5.41, 5.74) is 0.380. The molecule has 0 radical (unpaired) electrons. The number of aromatic hydroxyl groups is 1. The Kier molecular flexibility index (Phi) is 3.31. The molecule has 0 saturated carbocycles. The number of carboxylic acids is 1. The Morgan fingerprint density at radius 2 is 2.04 bits per heavy atom. The summed E-state index contributed by atoms with van der Waals surface area (Å²) in [5, 5.41) is 31.8. The average molecular weight is 310 g/mol. The van der Waals surface area contributed by atoms with E-state index in [2.05, 4.69) is 10.1 Å². The van der Waals surface area contributed by atoms with Gasteiger partial charge in [0, 0.05) is 6.42 Å². The number of nitrogens with one attached hydrogen (secondary N) is 1. The van der Waals surface area contributed by atoms with E-state index in [1.54, 1.807) is 24.3 Å². The zero-order valence-electron chi connectivity index (χ0n) is 11.6. The van der Waals surface area contributed by atoms with Gasteiger partial charge in [0.2, 0.25) is 5.88 Å². The fourth-order valence-electron chi connectivity index (χ4n) is 2.26. The molecule has 0 spiro atoms. The highest BCUT2D eigenvalue weighted by molar-refractivity contribution is 5.94. The number of nitriles is 1. The molecule has 0 bridgehead atoms. The molecule has 114 valence electrons. The highest BCUT2D eigenvalue weighted by Gasteiger charge is 2.18. The first-order valence-corrected chi connectivity index (χ1v) is 6.55. The van der Waals surface area contributed by atoms with E-state index in [0.717, 1.165) is 16.3 Å². The van der Waals surface area contributed by atoms with Gasteiger partial charge in [-0.2, -0.15) is 14.9 Å². The summed E-state index contributed by atoms with van der Waals surface area (Å²) in [6.07, 6.45) is 1.17. The molecule has 23 heavy (non-hydrogen) atoms. The Balaban J connectivity index is 2.09. The van der Waals surface area contributed by atoms with Gasteiger partial charge >= 0.3 is 5.97 Å². The van der Waals surface area contributed by atoms with Crippen molar-refractivity contribution in [2.75, 3.05) is 0 Å². The molecular weight excluding hydrogens is 300 g/mol. The highest BCUT2D eigenvalue weighted by Crippen LogP contribution is 2.19. The lowest BCUT2D eigenvalue weighted by atomic mass is 10.1. The lowest BCUT2D eigenvalue weighted by Crippen LogP contribution is -2.17. The van der Waals surface area contributed by atoms with Crippen molar-refractivity contribution in [3.63, 3.8) is 0 Å². The van der Waals surface area contributed by atoms with Gasteiger partial charge in [0.05, 0.1) is 23.4 Å². The van der Waals surface area contributed by atoms with Gasteiger partial charge in [0.15, 0.2) is 5.65 Å². The molecule has 0 saturated heterocycles. The van der Waals surface area contributed by atoms with Crippen molar-refractivity contribution in [3.8, 4) is 11.9 Å². The summed E-state index contributed by atoms with van der Waals surface area (Å²) in [6, 6.07) is 8.55. The van der Waals surface area contributed by atoms with Crippen LogP contribution in [0.5, 0.6) is 5.88 Å². The molecular formula is C15H10N4O4. The van der Waals surface area contributed by atoms with Crippen LogP contribution in [0.2, 0.25) is 0 Å². The van der Waals surface area contributed by atoms with Crippen LogP contribution in [0.4, 0.5) is 0 Å². The molecule has 8 heteroatoms. The summed E-state index contributed by atoms with van der Waals surface area (Å²) in [7, 11) is 0. The molecule has 0 atom stereocenters. The summed E-state index contributed by atoms with van der Waals surface area (Å²) >= 11 is 0. The molecule has 0 fully saturated rings. The lowest BCUT2D eigenvalue weighted by molar-refractivity contribution is 0.0698. The van der Waals surface area contributed by atoms with Crippen molar-refractivity contribution in [2.24, 2.45) is 0 Å². The van der Waals surface area contributed by atoms with Gasteiger partial charge in [-0.3, -0.25) is 4.79 Å². The lowest BCUT2D eigenvalue weighted by Gasteiger charge is -2.06. The molecule has 0 aliphatic rings. The second kappa shape index (κ2) is 5.31. The molecule has 1 aromatic carbocycles. The van der Waals surface area contributed by atoms with Gasteiger partial charge in [-0.1, -0.05) is 12.1 Å². The predicted octanol–water partition coefficient (Wildman–Crippen LogP) is 0.889. The van der Waals surface area contributed by atoms with Gasteiger partial charge < -0.3 is 15.2 Å². The van der Waals surface area contributed by atoms with Crippen LogP contribution < -0.4 is 5.56 Å². The number of aromatic carboxylic acids is 1. The molecule has 3 aromatic rings. The van der Waals surface area contributed by atoms with Gasteiger partial charge in [0.25, 0.3) is 5.56 Å². The van der Waals surface area contributed by atoms with Crippen LogP contribution >= 0.6 is 0 Å². The van der Waals surface area contributed by atoms with Gasteiger partial charge in [-0.25, -0.2) is 4.79 Å². The van der Waals surface area contributed by atoms with Crippen molar-refractivity contribution in [1.82, 2.24) is 14.6 Å². The van der Waals surface area contributed by atoms with Crippen molar-refractivity contribution < 1.29 is 15.0 Å². The Bertz CT molecular complexity index is 1010. The van der Waals surface area contributed by atoms with Crippen LogP contribution in [0.25, 0.3) is 5.65 Å². The molecule has 0 aliphatic carbocycles. The summed E-state index contributed by atoms with van der Waals surface area (Å²) < 4.78 is 0.976. The number of fused-ring (bicyclic) bond motifs is 1. The van der Waals surface area contributed by atoms with Crippen LogP contribution in [-0.2, 0) is 6.42 Å². The second-order valence-corrected chi connectivity index (χ2v) is 4.87. The molecule has 0 aliphatic heterocycles. The monoisotopic (exact) mass is 310 g/mol. The maximum atomic E-state index is 12.2. The predicted molar refractivity (Wildman–Crippen MR) is 78.4 cm³/mol. The van der Waals surface area contributed by atoms with Gasteiger partial charge in [0.1, 0.15) is 5.56 Å². The van der Waals surface area contributed by atoms with Crippen LogP contribution in [0.15, 0.2) is 35.3 Å². The largest absolute Gasteiger partial charge is 0.493 e. The SMILES string of the molecule is N#Cc1ccc(Cc2c(O)n3ncc(C(=O)O)c3[nH]c2=O)cc1. The third-order valence-electron chi connectivity index (χ3n) is 3.44. The highest BCUT2D eigenvalue weighted by atomic mass is 16.4. The van der Waals surface area contributed by atoms with Crippen molar-refractivity contribution in [2.45, 2.75) is 6.42 Å². The molecule has 3 N–H and O–H groups in total. The van der Waals surface area contributed by atoms with E-state index in [4.69, 9.17) is 10.4 Å². The van der Waals surface area contributed by atoms with E-state index in [-0.39, 0.29) is 23.2 Å². The average Bonchev–Trinajstić information content (AvgIpc) is 2.96. The second-order valence-electron chi connectivity index (χ2n) is 4.87. The number of benzene rings is 1. The first-order chi connectivity index (χ1) is 11.0. The van der Waals surface area contributed by atoms with E-state index in [0.29, 0.717) is 5.56 Å². The van der Waals surface area contributed by atoms with Crippen LogP contribution in [0.3, 0.4) is 0 Å². The number of rotatable bonds is 3. The van der Waals surface area contributed by atoms with E-state index in [1.807, 2.05) is 6.07 Å². The van der Waals surface area contributed by atoms with Gasteiger partial charge in [-0.15, -0.1) is 0 Å². The Labute approximate surface area is 128 Å². The smallest absolute Gasteiger partial charge is 0.341 e. The van der Waals surface area contributed by atoms with Crippen LogP contribution in [-0.4, -0.2) is 30.8 Å². The van der Waals surface area contributed by atoms with Crippen LogP contribution in [0.1, 0.15) is 27.0 Å². The Hall–Kier alpha value is -3.60. The van der Waals surface area contributed by atoms with Crippen molar-refractivity contribution >= 4 is 11.6 Å². The maximum absolute atomic E-state index is 12.2. The molecule has 2 heterocycles. The summed E-state index contributed by atoms with van der Waals surface area (Å²) in [5.74, 6) is -1.67. The Morgan fingerprint density at radius 1 is 1.35 bits per heavy atom. The number of aromatic nitrogens is 3. The number of aromatic amines is 1. The van der Waals surface area contributed by atoms with Gasteiger partial charge in [-0.05, 0) is 17.7 Å². The van der Waals surface area contributed by atoms with E-state index in [1.165, 1.54) is 0 Å². The number of carbonyl (C=O) groups is 1. The molecule has 0 amide bonds. The van der Waals surface area contributed by atoms with E-state index in [9.17, 15) is 14.7 Å². The van der Waals surface area contributed by atoms with Crippen LogP contribution in [0, 0.1) is 11.3 Å². The topological polar surface area (TPSA) is 131 Å². The zero-order chi connectivity index (χ0) is 16.6. The third kappa shape index (κ3) is 2.40. The minimum absolute atomic E-state index is 0.0576. The first-order valence-electron chi connectivity index (χ1n) is 6.55. The number of H-pyrrole nitrogens is 1. The summed E-state index contributed by atoms with van der Waals surface area (Å²) in [6.45, 7) is 0. The molecule has 8 nitrogen and oxygen atoms in total. The zero-order valence-corrected chi connectivity index (χ0v) is 11.6. The first kappa shape index (κ1) is 14.3. The summed E-state index contributed by atoms with van der Waals surface area (Å²) in [4.78, 5) is 25.6. The number of hydrogen-bond acceptors (Lipinski definition) is 5. The standard InChI is InChI=1S/C15H10N4O4/c16-6-9-3-1-8(2-4-9)5-10-13(20)18-12-11(15(22)23)7-17-19(12)14(10)21/h1-4,7,21H,5H2,(H,18,20)(H,22,23). The minimum atomic E-state index is -1.25. The molecule has 3 rings (SSSR count). The minimum Gasteiger partial charge on any atom is -0.493 e. The maximum Gasteiger partial charge on any atom is 0.341 e. The molecule has 2 aromatic heterocycles. The fraction of sp³-hybridized carbons (Fsp3) is 0.0667. The van der Waals surface area contributed by atoms with Crippen molar-refractivity contribution in [3.05, 3.63) is 63.1 Å². The van der Waals surface area contributed by atoms with E-state index >= 15 is 0 Å². The van der Waals surface area contributed by atoms with E-state index < -0.39 is 17.4 Å². The number of carboxylic acid groups (broad SMARTS) is 1. The quantitative estimate of drug-likeness (QED) is 0.658. The molecule has 0 unspecified atom stereocenters. The Morgan fingerprint density at radius 3 is 2.65 bits per heavy atom.